The van der Waals surface area contributed by atoms with Crippen LogP contribution in [0.1, 0.15) is 46.0 Å². The number of rotatable bonds is 10. The van der Waals surface area contributed by atoms with Gasteiger partial charge >= 0.3 is 0 Å². The van der Waals surface area contributed by atoms with Crippen molar-refractivity contribution in [2.24, 2.45) is 5.73 Å². The van der Waals surface area contributed by atoms with Crippen LogP contribution in [0.4, 0.5) is 0 Å². The van der Waals surface area contributed by atoms with E-state index in [9.17, 15) is 0 Å². The summed E-state index contributed by atoms with van der Waals surface area (Å²) >= 11 is 0. The summed E-state index contributed by atoms with van der Waals surface area (Å²) in [4.78, 5) is 0. The fourth-order valence-electron chi connectivity index (χ4n) is 1.60. The third-order valence-electron chi connectivity index (χ3n) is 2.50. The molecule has 0 fully saturated rings. The molecule has 0 aliphatic rings. The van der Waals surface area contributed by atoms with E-state index >= 15 is 0 Å². The lowest BCUT2D eigenvalue weighted by Crippen LogP contribution is -2.31. The molecule has 2 atom stereocenters. The molecule has 2 N–H and O–H groups in total. The first-order valence-electron chi connectivity index (χ1n) is 6.09. The SMILES string of the molecule is CCCCCCC(C)OC(CN)COC. The Labute approximate surface area is 94.3 Å². The molecule has 0 aromatic heterocycles. The Kier molecular flexibility index (Phi) is 10.3. The van der Waals surface area contributed by atoms with Crippen LogP contribution in [0, 0.1) is 0 Å². The molecule has 0 aromatic carbocycles. The zero-order chi connectivity index (χ0) is 11.5. The highest BCUT2D eigenvalue weighted by Crippen LogP contribution is 2.09. The number of ether oxygens (including phenoxy) is 2. The van der Waals surface area contributed by atoms with Crippen molar-refractivity contribution in [1.82, 2.24) is 0 Å². The normalized spacial score (nSPS) is 15.2. The second-order valence-corrected chi connectivity index (χ2v) is 4.11. The molecule has 0 spiro atoms. The first-order chi connectivity index (χ1) is 7.24. The minimum Gasteiger partial charge on any atom is -0.382 e. The summed E-state index contributed by atoms with van der Waals surface area (Å²) in [6, 6.07) is 0. The Morgan fingerprint density at radius 2 is 1.93 bits per heavy atom. The van der Waals surface area contributed by atoms with Gasteiger partial charge in [-0.05, 0) is 13.3 Å². The number of hydrogen-bond acceptors (Lipinski definition) is 3. The van der Waals surface area contributed by atoms with Gasteiger partial charge in [0.25, 0.3) is 0 Å². The number of nitrogens with two attached hydrogens (primary N) is 1. The molecule has 0 saturated heterocycles. The first-order valence-corrected chi connectivity index (χ1v) is 6.09. The molecule has 0 aliphatic heterocycles. The van der Waals surface area contributed by atoms with E-state index in [-0.39, 0.29) is 6.10 Å². The topological polar surface area (TPSA) is 44.5 Å². The van der Waals surface area contributed by atoms with Crippen molar-refractivity contribution < 1.29 is 9.47 Å². The Balaban J connectivity index is 3.47. The highest BCUT2D eigenvalue weighted by molar-refractivity contribution is 4.61. The van der Waals surface area contributed by atoms with Crippen molar-refractivity contribution in [3.63, 3.8) is 0 Å². The van der Waals surface area contributed by atoms with Crippen molar-refractivity contribution >= 4 is 0 Å². The second kappa shape index (κ2) is 10.4. The highest BCUT2D eigenvalue weighted by atomic mass is 16.5. The van der Waals surface area contributed by atoms with Crippen LogP contribution in [-0.2, 0) is 9.47 Å². The van der Waals surface area contributed by atoms with E-state index in [0.29, 0.717) is 19.3 Å². The monoisotopic (exact) mass is 217 g/mol. The van der Waals surface area contributed by atoms with Gasteiger partial charge in [-0.3, -0.25) is 0 Å². The van der Waals surface area contributed by atoms with Crippen molar-refractivity contribution in [2.45, 2.75) is 58.2 Å². The van der Waals surface area contributed by atoms with E-state index in [1.54, 1.807) is 7.11 Å². The molecule has 0 rings (SSSR count). The summed E-state index contributed by atoms with van der Waals surface area (Å²) in [6.45, 7) is 5.47. The standard InChI is InChI=1S/C12H27NO2/c1-4-5-6-7-8-11(2)15-12(9-13)10-14-3/h11-12H,4-10,13H2,1-3H3. The predicted octanol–water partition coefficient (Wildman–Crippen LogP) is 2.34. The van der Waals surface area contributed by atoms with E-state index in [1.807, 2.05) is 0 Å². The zero-order valence-corrected chi connectivity index (χ0v) is 10.5. The van der Waals surface area contributed by atoms with Crippen molar-refractivity contribution in [3.8, 4) is 0 Å². The van der Waals surface area contributed by atoms with E-state index in [2.05, 4.69) is 13.8 Å². The minimum atomic E-state index is 0.0520. The molecule has 3 heteroatoms. The average molecular weight is 217 g/mol. The van der Waals surface area contributed by atoms with Gasteiger partial charge in [-0.2, -0.15) is 0 Å². The smallest absolute Gasteiger partial charge is 0.0933 e. The van der Waals surface area contributed by atoms with Gasteiger partial charge in [-0.15, -0.1) is 0 Å². The molecule has 15 heavy (non-hydrogen) atoms. The zero-order valence-electron chi connectivity index (χ0n) is 10.5. The number of hydrogen-bond donors (Lipinski definition) is 1. The first kappa shape index (κ1) is 14.9. The molecule has 3 nitrogen and oxygen atoms in total. The quantitative estimate of drug-likeness (QED) is 0.571. The molecule has 0 saturated carbocycles. The van der Waals surface area contributed by atoms with Crippen molar-refractivity contribution in [1.29, 1.82) is 0 Å². The molecule has 0 radical (unpaired) electrons. The fraction of sp³-hybridized carbons (Fsp3) is 1.00. The lowest BCUT2D eigenvalue weighted by molar-refractivity contribution is -0.0393. The summed E-state index contributed by atoms with van der Waals surface area (Å²) < 4.78 is 10.8. The van der Waals surface area contributed by atoms with E-state index in [0.717, 1.165) is 6.42 Å². The van der Waals surface area contributed by atoms with Crippen LogP contribution >= 0.6 is 0 Å². The van der Waals surface area contributed by atoms with Crippen LogP contribution < -0.4 is 5.73 Å². The molecule has 2 unspecified atom stereocenters. The molecule has 0 amide bonds. The minimum absolute atomic E-state index is 0.0520. The van der Waals surface area contributed by atoms with Crippen LogP contribution in [0.3, 0.4) is 0 Å². The van der Waals surface area contributed by atoms with Crippen LogP contribution in [0.15, 0.2) is 0 Å². The summed E-state index contributed by atoms with van der Waals surface area (Å²) in [5.41, 5.74) is 5.58. The predicted molar refractivity (Wildman–Crippen MR) is 64.0 cm³/mol. The third kappa shape index (κ3) is 8.85. The van der Waals surface area contributed by atoms with Gasteiger partial charge in [-0.25, -0.2) is 0 Å². The Bertz CT molecular complexity index is 131. The maximum absolute atomic E-state index is 5.77. The molecule has 0 aliphatic carbocycles. The fourth-order valence-corrected chi connectivity index (χ4v) is 1.60. The Morgan fingerprint density at radius 3 is 2.47 bits per heavy atom. The van der Waals surface area contributed by atoms with Gasteiger partial charge in [0.1, 0.15) is 0 Å². The summed E-state index contributed by atoms with van der Waals surface area (Å²) in [7, 11) is 1.68. The van der Waals surface area contributed by atoms with E-state index in [4.69, 9.17) is 15.2 Å². The van der Waals surface area contributed by atoms with Gasteiger partial charge < -0.3 is 15.2 Å². The van der Waals surface area contributed by atoms with Crippen LogP contribution in [0.5, 0.6) is 0 Å². The van der Waals surface area contributed by atoms with Gasteiger partial charge in [0.15, 0.2) is 0 Å². The number of unbranched alkanes of at least 4 members (excludes halogenated alkanes) is 3. The van der Waals surface area contributed by atoms with Crippen molar-refractivity contribution in [3.05, 3.63) is 0 Å². The van der Waals surface area contributed by atoms with Gasteiger partial charge in [0.2, 0.25) is 0 Å². The van der Waals surface area contributed by atoms with Crippen LogP contribution in [0.2, 0.25) is 0 Å². The summed E-state index contributed by atoms with van der Waals surface area (Å²) in [5.74, 6) is 0. The Morgan fingerprint density at radius 1 is 1.20 bits per heavy atom. The molecular weight excluding hydrogens is 190 g/mol. The van der Waals surface area contributed by atoms with Gasteiger partial charge in [-0.1, -0.05) is 32.6 Å². The van der Waals surface area contributed by atoms with Crippen LogP contribution in [0.25, 0.3) is 0 Å². The summed E-state index contributed by atoms with van der Waals surface area (Å²) in [6.07, 6.45) is 6.64. The van der Waals surface area contributed by atoms with Crippen molar-refractivity contribution in [2.75, 3.05) is 20.3 Å². The average Bonchev–Trinajstić information content (AvgIpc) is 2.24. The maximum Gasteiger partial charge on any atom is 0.0933 e. The van der Waals surface area contributed by atoms with Gasteiger partial charge in [0.05, 0.1) is 18.8 Å². The van der Waals surface area contributed by atoms with E-state index < -0.39 is 0 Å². The largest absolute Gasteiger partial charge is 0.382 e. The maximum atomic E-state index is 5.77. The molecular formula is C12H27NO2. The second-order valence-electron chi connectivity index (χ2n) is 4.11. The Hall–Kier alpha value is -0.120. The molecule has 0 heterocycles. The molecule has 92 valence electrons. The highest BCUT2D eigenvalue weighted by Gasteiger charge is 2.11. The lowest BCUT2D eigenvalue weighted by Gasteiger charge is -2.20. The third-order valence-corrected chi connectivity index (χ3v) is 2.50. The molecule has 0 bridgehead atoms. The lowest BCUT2D eigenvalue weighted by atomic mass is 10.1. The summed E-state index contributed by atoms with van der Waals surface area (Å²) in [5, 5.41) is 0. The van der Waals surface area contributed by atoms with Gasteiger partial charge in [0, 0.05) is 13.7 Å². The van der Waals surface area contributed by atoms with E-state index in [1.165, 1.54) is 25.7 Å². The number of methoxy groups -OCH3 is 1. The van der Waals surface area contributed by atoms with Crippen LogP contribution in [-0.4, -0.2) is 32.5 Å². The molecule has 0 aromatic rings.